The van der Waals surface area contributed by atoms with E-state index in [2.05, 4.69) is 4.98 Å². The molecule has 1 heterocycles. The lowest BCUT2D eigenvalue weighted by molar-refractivity contribution is 0.296. The van der Waals surface area contributed by atoms with E-state index >= 15 is 0 Å². The molecule has 0 fully saturated rings. The van der Waals surface area contributed by atoms with Crippen LogP contribution in [0, 0.1) is 0 Å². The molecule has 0 N–H and O–H groups in total. The van der Waals surface area contributed by atoms with Crippen LogP contribution in [-0.4, -0.2) is 16.2 Å². The highest BCUT2D eigenvalue weighted by Gasteiger charge is 2.01. The monoisotopic (exact) mass is 250 g/mol. The van der Waals surface area contributed by atoms with Gasteiger partial charge in [0, 0.05) is 12.4 Å². The molecule has 17 heavy (non-hydrogen) atoms. The van der Waals surface area contributed by atoms with Gasteiger partial charge >= 0.3 is 0 Å². The number of ether oxygens (including phenoxy) is 1. The molecule has 0 spiro atoms. The topological polar surface area (TPSA) is 44.1 Å². The summed E-state index contributed by atoms with van der Waals surface area (Å²) in [4.78, 5) is 15.2. The second-order valence-corrected chi connectivity index (χ2v) is 3.74. The lowest BCUT2D eigenvalue weighted by Gasteiger charge is -2.07. The zero-order valence-corrected chi connectivity index (χ0v) is 9.80. The molecule has 0 atom stereocenters. The Bertz CT molecular complexity index is 540. The average Bonchev–Trinajstić information content (AvgIpc) is 2.36. The molecule has 0 aliphatic carbocycles. The fourth-order valence-electron chi connectivity index (χ4n) is 1.38. The smallest absolute Gasteiger partial charge is 0.288 e. The first-order valence-electron chi connectivity index (χ1n) is 5.16. The summed E-state index contributed by atoms with van der Waals surface area (Å²) in [7, 11) is 0. The van der Waals surface area contributed by atoms with Crippen LogP contribution in [0.1, 0.15) is 0 Å². The van der Waals surface area contributed by atoms with Crippen LogP contribution in [0.2, 0.25) is 5.15 Å². The second kappa shape index (κ2) is 5.50. The maximum atomic E-state index is 11.5. The van der Waals surface area contributed by atoms with Crippen molar-refractivity contribution in [1.29, 1.82) is 0 Å². The summed E-state index contributed by atoms with van der Waals surface area (Å²) >= 11 is 5.62. The summed E-state index contributed by atoms with van der Waals surface area (Å²) in [6.07, 6.45) is 3.08. The van der Waals surface area contributed by atoms with Crippen molar-refractivity contribution in [3.05, 3.63) is 58.2 Å². The minimum Gasteiger partial charge on any atom is -0.492 e. The van der Waals surface area contributed by atoms with Gasteiger partial charge in [0.05, 0.1) is 6.54 Å². The highest BCUT2D eigenvalue weighted by atomic mass is 35.5. The third-order valence-electron chi connectivity index (χ3n) is 2.22. The number of hydrogen-bond donors (Lipinski definition) is 0. The standard InChI is InChI=1S/C12H11ClN2O2/c13-11-12(16)15(7-6-14-11)8-9-17-10-4-2-1-3-5-10/h1-7H,8-9H2. The second-order valence-electron chi connectivity index (χ2n) is 3.38. The van der Waals surface area contributed by atoms with Gasteiger partial charge in [-0.2, -0.15) is 0 Å². The van der Waals surface area contributed by atoms with Crippen LogP contribution in [0.15, 0.2) is 47.5 Å². The predicted molar refractivity (Wildman–Crippen MR) is 65.4 cm³/mol. The molecule has 0 saturated carbocycles. The molecule has 5 heteroatoms. The lowest BCUT2D eigenvalue weighted by Crippen LogP contribution is -2.23. The van der Waals surface area contributed by atoms with Gasteiger partial charge in [0.15, 0.2) is 5.15 Å². The van der Waals surface area contributed by atoms with Crippen molar-refractivity contribution in [2.75, 3.05) is 6.61 Å². The molecule has 1 aromatic heterocycles. The Hall–Kier alpha value is -1.81. The molecule has 4 nitrogen and oxygen atoms in total. The number of nitrogens with zero attached hydrogens (tertiary/aromatic N) is 2. The van der Waals surface area contributed by atoms with E-state index in [1.807, 2.05) is 30.3 Å². The van der Waals surface area contributed by atoms with Crippen LogP contribution in [0.5, 0.6) is 5.75 Å². The van der Waals surface area contributed by atoms with Crippen molar-refractivity contribution in [1.82, 2.24) is 9.55 Å². The number of para-hydroxylation sites is 1. The molecule has 2 aromatic rings. The average molecular weight is 251 g/mol. The maximum absolute atomic E-state index is 11.5. The van der Waals surface area contributed by atoms with Gasteiger partial charge in [0.1, 0.15) is 12.4 Å². The van der Waals surface area contributed by atoms with E-state index < -0.39 is 0 Å². The van der Waals surface area contributed by atoms with Crippen LogP contribution in [0.3, 0.4) is 0 Å². The number of benzene rings is 1. The van der Waals surface area contributed by atoms with Crippen LogP contribution >= 0.6 is 11.6 Å². The third kappa shape index (κ3) is 3.07. The number of rotatable bonds is 4. The van der Waals surface area contributed by atoms with E-state index in [-0.39, 0.29) is 10.7 Å². The predicted octanol–water partition coefficient (Wildman–Crippen LogP) is 1.98. The zero-order valence-electron chi connectivity index (χ0n) is 9.04. The Morgan fingerprint density at radius 2 is 2.06 bits per heavy atom. The minimum absolute atomic E-state index is 0.0211. The summed E-state index contributed by atoms with van der Waals surface area (Å²) in [5.74, 6) is 0.778. The van der Waals surface area contributed by atoms with Gasteiger partial charge in [-0.15, -0.1) is 0 Å². The molecular formula is C12H11ClN2O2. The van der Waals surface area contributed by atoms with Crippen molar-refractivity contribution in [3.8, 4) is 5.75 Å². The van der Waals surface area contributed by atoms with E-state index in [1.54, 1.807) is 6.20 Å². The van der Waals surface area contributed by atoms with Crippen molar-refractivity contribution in [2.24, 2.45) is 0 Å². The summed E-state index contributed by atoms with van der Waals surface area (Å²) in [6, 6.07) is 9.43. The lowest BCUT2D eigenvalue weighted by atomic mass is 10.3. The molecule has 0 amide bonds. The van der Waals surface area contributed by atoms with Crippen LogP contribution in [-0.2, 0) is 6.54 Å². The van der Waals surface area contributed by atoms with Crippen molar-refractivity contribution in [3.63, 3.8) is 0 Å². The molecular weight excluding hydrogens is 240 g/mol. The summed E-state index contributed by atoms with van der Waals surface area (Å²) in [5, 5.41) is -0.0211. The highest BCUT2D eigenvalue weighted by Crippen LogP contribution is 2.07. The van der Waals surface area contributed by atoms with E-state index in [9.17, 15) is 4.79 Å². The van der Waals surface area contributed by atoms with E-state index in [1.165, 1.54) is 10.8 Å². The van der Waals surface area contributed by atoms with Gasteiger partial charge in [-0.25, -0.2) is 4.98 Å². The first-order valence-corrected chi connectivity index (χ1v) is 5.54. The van der Waals surface area contributed by atoms with Crippen LogP contribution < -0.4 is 10.3 Å². The first-order chi connectivity index (χ1) is 8.27. The first kappa shape index (κ1) is 11.7. The maximum Gasteiger partial charge on any atom is 0.288 e. The van der Waals surface area contributed by atoms with E-state index in [0.29, 0.717) is 13.2 Å². The molecule has 2 rings (SSSR count). The molecule has 0 aliphatic rings. The summed E-state index contributed by atoms with van der Waals surface area (Å²) in [5.41, 5.74) is -0.300. The molecule has 1 aromatic carbocycles. The fraction of sp³-hybridized carbons (Fsp3) is 0.167. The Labute approximate surface area is 103 Å². The Balaban J connectivity index is 1.95. The van der Waals surface area contributed by atoms with Crippen molar-refractivity contribution < 1.29 is 4.74 Å². The van der Waals surface area contributed by atoms with Crippen molar-refractivity contribution in [2.45, 2.75) is 6.54 Å². The van der Waals surface area contributed by atoms with Gasteiger partial charge in [-0.3, -0.25) is 4.79 Å². The molecule has 0 bridgehead atoms. The van der Waals surface area contributed by atoms with E-state index in [4.69, 9.17) is 16.3 Å². The molecule has 0 unspecified atom stereocenters. The van der Waals surface area contributed by atoms with Crippen LogP contribution in [0.4, 0.5) is 0 Å². The van der Waals surface area contributed by atoms with Gasteiger partial charge < -0.3 is 9.30 Å². The largest absolute Gasteiger partial charge is 0.492 e. The highest BCUT2D eigenvalue weighted by molar-refractivity contribution is 6.29. The summed E-state index contributed by atoms with van der Waals surface area (Å²) in [6.45, 7) is 0.847. The zero-order chi connectivity index (χ0) is 12.1. The van der Waals surface area contributed by atoms with Crippen LogP contribution in [0.25, 0.3) is 0 Å². The van der Waals surface area contributed by atoms with Crippen molar-refractivity contribution >= 4 is 11.6 Å². The molecule has 0 saturated heterocycles. The molecule has 88 valence electrons. The van der Waals surface area contributed by atoms with E-state index in [0.717, 1.165) is 5.75 Å². The Morgan fingerprint density at radius 3 is 2.82 bits per heavy atom. The third-order valence-corrected chi connectivity index (χ3v) is 2.48. The minimum atomic E-state index is -0.300. The normalized spacial score (nSPS) is 10.2. The number of aromatic nitrogens is 2. The van der Waals surface area contributed by atoms with Gasteiger partial charge in [-0.05, 0) is 12.1 Å². The fourth-order valence-corrected chi connectivity index (χ4v) is 1.54. The van der Waals surface area contributed by atoms with Gasteiger partial charge in [-0.1, -0.05) is 29.8 Å². The Morgan fingerprint density at radius 1 is 1.29 bits per heavy atom. The SMILES string of the molecule is O=c1c(Cl)nccn1CCOc1ccccc1. The number of halogens is 1. The quantitative estimate of drug-likeness (QED) is 0.833. The number of hydrogen-bond acceptors (Lipinski definition) is 3. The molecule has 0 radical (unpaired) electrons. The molecule has 0 aliphatic heterocycles. The van der Waals surface area contributed by atoms with Gasteiger partial charge in [0.25, 0.3) is 5.56 Å². The van der Waals surface area contributed by atoms with Gasteiger partial charge in [0.2, 0.25) is 0 Å². The Kier molecular flexibility index (Phi) is 3.77. The summed E-state index contributed by atoms with van der Waals surface area (Å²) < 4.78 is 6.95.